The van der Waals surface area contributed by atoms with E-state index in [1.807, 2.05) is 0 Å². The fourth-order valence-corrected chi connectivity index (χ4v) is 3.32. The van der Waals surface area contributed by atoms with E-state index in [1.54, 1.807) is 0 Å². The summed E-state index contributed by atoms with van der Waals surface area (Å²) in [5.41, 5.74) is 7.19. The second kappa shape index (κ2) is 4.51. The van der Waals surface area contributed by atoms with Crippen LogP contribution in [-0.2, 0) is 5.41 Å². The third-order valence-corrected chi connectivity index (χ3v) is 4.44. The molecular weight excluding hydrogens is 241 g/mol. The molecule has 0 saturated heterocycles. The molecule has 0 unspecified atom stereocenters. The van der Waals surface area contributed by atoms with Crippen LogP contribution in [0.1, 0.15) is 43.0 Å². The van der Waals surface area contributed by atoms with Crippen LogP contribution < -0.4 is 0 Å². The van der Waals surface area contributed by atoms with Crippen molar-refractivity contribution in [2.75, 3.05) is 0 Å². The van der Waals surface area contributed by atoms with Crippen LogP contribution in [0.2, 0.25) is 0 Å². The normalized spacial score (nSPS) is 12.3. The molecule has 0 amide bonds. The molecule has 0 spiro atoms. The van der Waals surface area contributed by atoms with Crippen LogP contribution in [0.25, 0.3) is 11.0 Å². The average molecular weight is 261 g/mol. The van der Waals surface area contributed by atoms with Crippen molar-refractivity contribution in [3.63, 3.8) is 0 Å². The van der Waals surface area contributed by atoms with Gasteiger partial charge in [0.05, 0.1) is 0 Å². The van der Waals surface area contributed by atoms with Gasteiger partial charge >= 0.3 is 0 Å². The van der Waals surface area contributed by atoms with Crippen LogP contribution in [0.3, 0.4) is 0 Å². The zero-order chi connectivity index (χ0) is 13.5. The van der Waals surface area contributed by atoms with Gasteiger partial charge in [-0.05, 0) is 31.9 Å². The van der Waals surface area contributed by atoms with Gasteiger partial charge in [-0.15, -0.1) is 0 Å². The summed E-state index contributed by atoms with van der Waals surface area (Å²) in [6.45, 7) is 12.9. The summed E-state index contributed by atoms with van der Waals surface area (Å²) in [7, 11) is 1.10. The smallest absolute Gasteiger partial charge is 0.168 e. The number of aromatic nitrogens is 1. The Kier molecular flexibility index (Phi) is 3.33. The maximum atomic E-state index is 5.52. The zero-order valence-electron chi connectivity index (χ0n) is 12.0. The van der Waals surface area contributed by atoms with Gasteiger partial charge in [0.1, 0.15) is 5.43 Å². The molecule has 2 aromatic rings. The molecule has 0 fully saturated rings. The van der Waals surface area contributed by atoms with E-state index in [1.165, 1.54) is 22.3 Å². The van der Waals surface area contributed by atoms with Crippen molar-refractivity contribution in [3.05, 3.63) is 34.3 Å². The fraction of sp³-hybridized carbons (Fsp3) is 0.467. The summed E-state index contributed by atoms with van der Waals surface area (Å²) < 4.78 is 5.52. The molecule has 2 rings (SSSR count). The Morgan fingerprint density at radius 2 is 1.61 bits per heavy atom. The minimum atomic E-state index is 0.0410. The first kappa shape index (κ1) is 13.3. The molecule has 0 aliphatic heterocycles. The van der Waals surface area contributed by atoms with Crippen molar-refractivity contribution in [1.82, 2.24) is 5.16 Å². The van der Waals surface area contributed by atoms with Gasteiger partial charge in [-0.25, -0.2) is 0 Å². The summed E-state index contributed by atoms with van der Waals surface area (Å²) in [5.74, 6) is 0. The Balaban J connectivity index is 2.53. The molecule has 0 radical (unpaired) electrons. The van der Waals surface area contributed by atoms with E-state index < -0.39 is 0 Å². The third kappa shape index (κ3) is 2.49. The van der Waals surface area contributed by atoms with E-state index >= 15 is 0 Å². The maximum absolute atomic E-state index is 5.52. The molecular formula is C15H20NOP. The first-order valence-corrected chi connectivity index (χ1v) is 7.11. The van der Waals surface area contributed by atoms with Gasteiger partial charge in [0.2, 0.25) is 0 Å². The first-order chi connectivity index (χ1) is 8.29. The zero-order valence-corrected chi connectivity index (χ0v) is 12.9. The maximum Gasteiger partial charge on any atom is 0.168 e. The van der Waals surface area contributed by atoms with E-state index in [0.717, 1.165) is 19.1 Å². The van der Waals surface area contributed by atoms with Gasteiger partial charge in [-0.3, -0.25) is 0 Å². The molecule has 0 bridgehead atoms. The summed E-state index contributed by atoms with van der Waals surface area (Å²) in [5, 5.41) is 4.27. The highest BCUT2D eigenvalue weighted by atomic mass is 31.0. The molecule has 0 atom stereocenters. The highest BCUT2D eigenvalue weighted by Gasteiger charge is 2.22. The largest absolute Gasteiger partial charge is 0.355 e. The van der Waals surface area contributed by atoms with Crippen LogP contribution in [0.4, 0.5) is 0 Å². The van der Waals surface area contributed by atoms with Crippen LogP contribution in [0.15, 0.2) is 16.7 Å². The summed E-state index contributed by atoms with van der Waals surface area (Å²) in [6, 6.07) is 4.41. The van der Waals surface area contributed by atoms with Crippen LogP contribution in [0, 0.1) is 20.8 Å². The van der Waals surface area contributed by atoms with Gasteiger partial charge in [0.15, 0.2) is 5.49 Å². The van der Waals surface area contributed by atoms with Crippen molar-refractivity contribution >= 4 is 8.19 Å². The third-order valence-electron chi connectivity index (χ3n) is 2.97. The van der Waals surface area contributed by atoms with Gasteiger partial charge in [0, 0.05) is 19.2 Å². The van der Waals surface area contributed by atoms with E-state index in [2.05, 4.69) is 58.8 Å². The molecule has 0 aliphatic rings. The Labute approximate surface area is 111 Å². The fourth-order valence-electron chi connectivity index (χ4n) is 2.16. The highest BCUT2D eigenvalue weighted by Crippen LogP contribution is 2.39. The monoisotopic (exact) mass is 261 g/mol. The Morgan fingerprint density at radius 1 is 1.06 bits per heavy atom. The van der Waals surface area contributed by atoms with Gasteiger partial charge in [-0.1, -0.05) is 43.6 Å². The molecule has 1 aromatic heterocycles. The second-order valence-electron chi connectivity index (χ2n) is 5.95. The molecule has 2 nitrogen and oxygen atoms in total. The Bertz CT molecular complexity index is 555. The van der Waals surface area contributed by atoms with Crippen molar-refractivity contribution in [1.29, 1.82) is 0 Å². The number of rotatable bonds is 1. The first-order valence-electron chi connectivity index (χ1n) is 6.21. The molecule has 0 aliphatic carbocycles. The topological polar surface area (TPSA) is 26.0 Å². The standard InChI is InChI=1S/C15H20NOP/c1-9-7-10(2)12(11(3)8-9)13-16-17-14(18-13)15(4,5)6/h7-8H,1-6H3. The molecule has 0 N–H and O–H groups in total. The van der Waals surface area contributed by atoms with Crippen LogP contribution in [0.5, 0.6) is 0 Å². The predicted octanol–water partition coefficient (Wildman–Crippen LogP) is 5.14. The molecule has 96 valence electrons. The van der Waals surface area contributed by atoms with E-state index in [9.17, 15) is 0 Å². The van der Waals surface area contributed by atoms with E-state index in [4.69, 9.17) is 4.52 Å². The van der Waals surface area contributed by atoms with Crippen molar-refractivity contribution < 1.29 is 4.52 Å². The lowest BCUT2D eigenvalue weighted by molar-refractivity contribution is 0.337. The van der Waals surface area contributed by atoms with Crippen LogP contribution >= 0.6 is 8.19 Å². The number of aryl methyl sites for hydroxylation is 3. The van der Waals surface area contributed by atoms with Crippen molar-refractivity contribution in [3.8, 4) is 11.0 Å². The van der Waals surface area contributed by atoms with Gasteiger partial charge in [-0.2, -0.15) is 0 Å². The number of benzene rings is 1. The average Bonchev–Trinajstić information content (AvgIpc) is 2.64. The second-order valence-corrected chi connectivity index (χ2v) is 7.00. The minimum Gasteiger partial charge on any atom is -0.355 e. The Hall–Kier alpha value is -1.14. The van der Waals surface area contributed by atoms with Crippen molar-refractivity contribution in [2.24, 2.45) is 0 Å². The SMILES string of the molecule is Cc1cc(C)c(-c2noc(C(C)(C)C)p2)c(C)c1. The number of nitrogens with zero attached hydrogens (tertiary/aromatic N) is 1. The van der Waals surface area contributed by atoms with Crippen LogP contribution in [-0.4, -0.2) is 5.16 Å². The molecule has 0 saturated carbocycles. The quantitative estimate of drug-likeness (QED) is 0.710. The highest BCUT2D eigenvalue weighted by molar-refractivity contribution is 7.34. The number of hydrogen-bond acceptors (Lipinski definition) is 2. The Morgan fingerprint density at radius 3 is 2.06 bits per heavy atom. The summed E-state index contributed by atoms with van der Waals surface area (Å²) >= 11 is 0. The van der Waals surface area contributed by atoms with Crippen molar-refractivity contribution in [2.45, 2.75) is 47.0 Å². The molecule has 1 aromatic carbocycles. The minimum absolute atomic E-state index is 0.0410. The summed E-state index contributed by atoms with van der Waals surface area (Å²) in [4.78, 5) is 0. The predicted molar refractivity (Wildman–Crippen MR) is 77.4 cm³/mol. The number of hydrogen-bond donors (Lipinski definition) is 0. The lowest BCUT2D eigenvalue weighted by atomic mass is 9.99. The van der Waals surface area contributed by atoms with E-state index in [-0.39, 0.29) is 5.41 Å². The summed E-state index contributed by atoms with van der Waals surface area (Å²) in [6.07, 6.45) is 0. The molecule has 3 heteroatoms. The van der Waals surface area contributed by atoms with Gasteiger partial charge in [0.25, 0.3) is 0 Å². The molecule has 18 heavy (non-hydrogen) atoms. The van der Waals surface area contributed by atoms with E-state index in [0.29, 0.717) is 0 Å². The lowest BCUT2D eigenvalue weighted by Crippen LogP contribution is -2.07. The lowest BCUT2D eigenvalue weighted by Gasteiger charge is -2.11. The van der Waals surface area contributed by atoms with Gasteiger partial charge < -0.3 is 4.52 Å². The molecule has 1 heterocycles.